The number of carbonyl (C=O) groups is 1. The summed E-state index contributed by atoms with van der Waals surface area (Å²) in [5.41, 5.74) is -0.0797. The van der Waals surface area contributed by atoms with Crippen LogP contribution in [0.5, 0.6) is 0 Å². The third kappa shape index (κ3) is 5.26. The molecule has 0 saturated carbocycles. The number of halogens is 5. The summed E-state index contributed by atoms with van der Waals surface area (Å²) in [6.45, 7) is 2.73. The fraction of sp³-hybridized carbons (Fsp3) is 0.316. The third-order valence-electron chi connectivity index (χ3n) is 4.22. The number of anilines is 1. The van der Waals surface area contributed by atoms with Crippen molar-refractivity contribution in [3.05, 3.63) is 58.4 Å². The SMILES string of the molecule is Cc1cc(C#N)cnc1C(=O)Nc1cc(F)c(F)c([C@H](C)CC(O)C(F)(F)F)c1. The summed E-state index contributed by atoms with van der Waals surface area (Å²) in [4.78, 5) is 16.2. The van der Waals surface area contributed by atoms with E-state index in [4.69, 9.17) is 5.26 Å². The monoisotopic (exact) mass is 413 g/mol. The van der Waals surface area contributed by atoms with Crippen molar-refractivity contribution in [2.75, 3.05) is 5.32 Å². The molecule has 2 rings (SSSR count). The number of pyridine rings is 1. The first-order valence-electron chi connectivity index (χ1n) is 8.35. The molecule has 2 atom stereocenters. The predicted octanol–water partition coefficient (Wildman–Crippen LogP) is 4.21. The number of alkyl halides is 3. The Kier molecular flexibility index (Phi) is 6.54. The van der Waals surface area contributed by atoms with E-state index in [1.807, 2.05) is 6.07 Å². The smallest absolute Gasteiger partial charge is 0.384 e. The van der Waals surface area contributed by atoms with Gasteiger partial charge < -0.3 is 10.4 Å². The van der Waals surface area contributed by atoms with Gasteiger partial charge in [0.25, 0.3) is 5.91 Å². The molecule has 29 heavy (non-hydrogen) atoms. The fourth-order valence-corrected chi connectivity index (χ4v) is 2.70. The highest BCUT2D eigenvalue weighted by molar-refractivity contribution is 6.03. The van der Waals surface area contributed by atoms with Gasteiger partial charge in [0.05, 0.1) is 5.56 Å². The zero-order valence-electron chi connectivity index (χ0n) is 15.3. The first kappa shape index (κ1) is 22.2. The Labute approximate surface area is 162 Å². The molecule has 10 heteroatoms. The number of benzene rings is 1. The Morgan fingerprint density at radius 2 is 1.97 bits per heavy atom. The van der Waals surface area contributed by atoms with Crippen molar-refractivity contribution >= 4 is 11.6 Å². The number of aliphatic hydroxyl groups excluding tert-OH is 1. The number of aryl methyl sites for hydroxylation is 1. The van der Waals surface area contributed by atoms with Crippen LogP contribution in [0.4, 0.5) is 27.6 Å². The first-order valence-corrected chi connectivity index (χ1v) is 8.35. The highest BCUT2D eigenvalue weighted by atomic mass is 19.4. The second-order valence-electron chi connectivity index (χ2n) is 6.51. The lowest BCUT2D eigenvalue weighted by molar-refractivity contribution is -0.206. The molecule has 1 aromatic carbocycles. The van der Waals surface area contributed by atoms with Crippen LogP contribution in [-0.4, -0.2) is 28.3 Å². The molecule has 0 aliphatic carbocycles. The lowest BCUT2D eigenvalue weighted by Crippen LogP contribution is -2.30. The molecular weight excluding hydrogens is 397 g/mol. The minimum absolute atomic E-state index is 0.0594. The quantitative estimate of drug-likeness (QED) is 0.719. The van der Waals surface area contributed by atoms with E-state index in [1.54, 1.807) is 0 Å². The fourth-order valence-electron chi connectivity index (χ4n) is 2.70. The number of aliphatic hydroxyl groups is 1. The van der Waals surface area contributed by atoms with Gasteiger partial charge in [0.1, 0.15) is 17.9 Å². The maximum absolute atomic E-state index is 14.1. The average Bonchev–Trinajstić information content (AvgIpc) is 2.63. The van der Waals surface area contributed by atoms with Gasteiger partial charge in [0.2, 0.25) is 0 Å². The summed E-state index contributed by atoms with van der Waals surface area (Å²) >= 11 is 0. The van der Waals surface area contributed by atoms with Gasteiger partial charge >= 0.3 is 6.18 Å². The van der Waals surface area contributed by atoms with Crippen LogP contribution in [0.3, 0.4) is 0 Å². The molecule has 2 N–H and O–H groups in total. The van der Waals surface area contributed by atoms with Crippen molar-refractivity contribution in [1.29, 1.82) is 5.26 Å². The number of rotatable bonds is 5. The molecule has 0 radical (unpaired) electrons. The van der Waals surface area contributed by atoms with Gasteiger partial charge in [-0.15, -0.1) is 0 Å². The van der Waals surface area contributed by atoms with Gasteiger partial charge in [-0.1, -0.05) is 6.92 Å². The summed E-state index contributed by atoms with van der Waals surface area (Å²) < 4.78 is 65.6. The molecule has 2 aromatic rings. The molecule has 1 aromatic heterocycles. The van der Waals surface area contributed by atoms with E-state index in [1.165, 1.54) is 26.1 Å². The minimum atomic E-state index is -4.89. The predicted molar refractivity (Wildman–Crippen MR) is 93.1 cm³/mol. The third-order valence-corrected chi connectivity index (χ3v) is 4.22. The second-order valence-corrected chi connectivity index (χ2v) is 6.51. The van der Waals surface area contributed by atoms with Crippen molar-refractivity contribution in [3.63, 3.8) is 0 Å². The molecule has 1 heterocycles. The van der Waals surface area contributed by atoms with Crippen LogP contribution in [-0.2, 0) is 0 Å². The number of aromatic nitrogens is 1. The van der Waals surface area contributed by atoms with Crippen molar-refractivity contribution in [2.24, 2.45) is 0 Å². The van der Waals surface area contributed by atoms with Crippen LogP contribution in [0.2, 0.25) is 0 Å². The van der Waals surface area contributed by atoms with Crippen LogP contribution in [0.1, 0.15) is 46.4 Å². The van der Waals surface area contributed by atoms with Gasteiger partial charge in [-0.2, -0.15) is 18.4 Å². The number of nitrogens with one attached hydrogen (secondary N) is 1. The van der Waals surface area contributed by atoms with Crippen molar-refractivity contribution in [2.45, 2.75) is 38.5 Å². The standard InChI is InChI=1S/C19H16F5N3O2/c1-9(4-15(28)19(22,23)24)13-5-12(6-14(20)16(13)21)27-18(29)17-10(2)3-11(7-25)8-26-17/h3,5-6,8-9,15,28H,4H2,1-2H3,(H,27,29)/t9-,15?/m1/s1. The molecule has 154 valence electrons. The van der Waals surface area contributed by atoms with E-state index < -0.39 is 47.7 Å². The highest BCUT2D eigenvalue weighted by Crippen LogP contribution is 2.32. The molecule has 0 saturated heterocycles. The van der Waals surface area contributed by atoms with Crippen molar-refractivity contribution in [1.82, 2.24) is 4.98 Å². The molecule has 0 spiro atoms. The Balaban J connectivity index is 2.29. The maximum Gasteiger partial charge on any atom is 0.414 e. The van der Waals surface area contributed by atoms with Gasteiger partial charge in [-0.05, 0) is 42.5 Å². The maximum atomic E-state index is 14.1. The molecule has 0 fully saturated rings. The van der Waals surface area contributed by atoms with E-state index in [2.05, 4.69) is 10.3 Å². The molecule has 0 bridgehead atoms. The van der Waals surface area contributed by atoms with E-state index in [9.17, 15) is 31.9 Å². The van der Waals surface area contributed by atoms with Crippen LogP contribution in [0.25, 0.3) is 0 Å². The Morgan fingerprint density at radius 3 is 2.52 bits per heavy atom. The minimum Gasteiger partial charge on any atom is -0.384 e. The Bertz CT molecular complexity index is 970. The summed E-state index contributed by atoms with van der Waals surface area (Å²) in [6.07, 6.45) is -7.32. The molecule has 5 nitrogen and oxygen atoms in total. The topological polar surface area (TPSA) is 86.0 Å². The largest absolute Gasteiger partial charge is 0.414 e. The number of hydrogen-bond donors (Lipinski definition) is 2. The van der Waals surface area contributed by atoms with E-state index in [-0.39, 0.29) is 16.9 Å². The molecular formula is C19H16F5N3O2. The van der Waals surface area contributed by atoms with Crippen LogP contribution < -0.4 is 5.32 Å². The van der Waals surface area contributed by atoms with Crippen molar-refractivity contribution < 1.29 is 31.9 Å². The Hall–Kier alpha value is -3.06. The number of hydrogen-bond acceptors (Lipinski definition) is 4. The van der Waals surface area contributed by atoms with Crippen molar-refractivity contribution in [3.8, 4) is 6.07 Å². The zero-order valence-corrected chi connectivity index (χ0v) is 15.3. The summed E-state index contributed by atoms with van der Waals surface area (Å²) in [5.74, 6) is -4.69. The summed E-state index contributed by atoms with van der Waals surface area (Å²) in [6, 6.07) is 4.96. The van der Waals surface area contributed by atoms with Crippen LogP contribution in [0.15, 0.2) is 24.4 Å². The van der Waals surface area contributed by atoms with Gasteiger partial charge in [0.15, 0.2) is 11.6 Å². The number of carbonyl (C=O) groups excluding carboxylic acids is 1. The molecule has 1 unspecified atom stereocenters. The van der Waals surface area contributed by atoms with E-state index >= 15 is 0 Å². The molecule has 0 aliphatic heterocycles. The normalized spacial score (nSPS) is 13.5. The highest BCUT2D eigenvalue weighted by Gasteiger charge is 2.39. The van der Waals surface area contributed by atoms with Gasteiger partial charge in [0, 0.05) is 18.0 Å². The first-order chi connectivity index (χ1) is 13.4. The molecule has 1 amide bonds. The zero-order chi connectivity index (χ0) is 21.9. The summed E-state index contributed by atoms with van der Waals surface area (Å²) in [5, 5.41) is 20.3. The average molecular weight is 413 g/mol. The van der Waals surface area contributed by atoms with E-state index in [0.717, 1.165) is 6.07 Å². The van der Waals surface area contributed by atoms with Gasteiger partial charge in [-0.3, -0.25) is 4.79 Å². The number of nitriles is 1. The summed E-state index contributed by atoms with van der Waals surface area (Å²) in [7, 11) is 0. The van der Waals surface area contributed by atoms with Crippen LogP contribution >= 0.6 is 0 Å². The van der Waals surface area contributed by atoms with Crippen LogP contribution in [0, 0.1) is 29.9 Å². The number of amides is 1. The van der Waals surface area contributed by atoms with Gasteiger partial charge in [-0.25, -0.2) is 13.8 Å². The lowest BCUT2D eigenvalue weighted by Gasteiger charge is -2.20. The van der Waals surface area contributed by atoms with E-state index in [0.29, 0.717) is 11.6 Å². The Morgan fingerprint density at radius 1 is 1.31 bits per heavy atom. The second kappa shape index (κ2) is 8.53. The number of nitrogens with zero attached hydrogens (tertiary/aromatic N) is 2. The lowest BCUT2D eigenvalue weighted by atomic mass is 9.93. The molecule has 0 aliphatic rings.